The molecule has 2 unspecified atom stereocenters. The van der Waals surface area contributed by atoms with Crippen molar-refractivity contribution in [2.45, 2.75) is 273 Å². The number of carbonyl (C=O) groups is 5. The maximum Gasteiger partial charge on any atom is 0.409 e. The molecule has 14 aliphatic rings. The number of ether oxygens (including phenoxy) is 5. The Morgan fingerprint density at radius 3 is 0.667 bits per heavy atom. The van der Waals surface area contributed by atoms with Crippen molar-refractivity contribution in [3.8, 4) is 0 Å². The van der Waals surface area contributed by atoms with Crippen LogP contribution in [0, 0.1) is 29.6 Å². The SMILES string of the molecule is COC(=O)N1CCCC2CCCCC21.COC(=O)N1CCC[C@@H]2[C@@H](N3CCCC3)CCC[C@@H]21.COC(=O)N1CCC[C@@H]2[C@H](N3CCCC3)CCC[C@@H]21.COC(=O)N1CCC[C@@H]2[C@H]1CCC[C@@H]2N1CCCC1.COC(=O)N1CCC[C@H]2[C@H](N3CCCC3)CCC[C@H]21. The molecule has 0 aromatic rings. The Hall–Kier alpha value is -3.81. The number of fused-ring (bicyclic) bond motifs is 5. The smallest absolute Gasteiger partial charge is 0.409 e. The van der Waals surface area contributed by atoms with E-state index in [1.54, 1.807) is 0 Å². The molecule has 9 aliphatic heterocycles. The highest BCUT2D eigenvalue weighted by atomic mass is 16.6. The Morgan fingerprint density at radius 2 is 0.411 bits per heavy atom. The zero-order chi connectivity index (χ0) is 62.9. The number of amides is 5. The summed E-state index contributed by atoms with van der Waals surface area (Å²) >= 11 is 0. The van der Waals surface area contributed by atoms with Gasteiger partial charge in [0, 0.05) is 87.1 Å². The number of rotatable bonds is 4. The third kappa shape index (κ3) is 16.6. The molecule has 9 saturated heterocycles. The second-order valence-electron chi connectivity index (χ2n) is 29.5. The number of piperidine rings is 5. The standard InChI is InChI=1S/4C15H26N2O2.C11H19NO2/c4*1-19-15(18)17-11-5-6-12-13(7-4-8-14(12)17)16-9-2-3-10-16;1-14-11(13)12-8-4-6-9-5-2-3-7-10(9)12/h4*12-14H,2-11H2,1H3;9-10H,2-8H2,1H3/t2*12-,13+,14+;2*12-,13-,14+;/m1010./s1. The summed E-state index contributed by atoms with van der Waals surface area (Å²) in [6.45, 7) is 14.6. The second-order valence-corrected chi connectivity index (χ2v) is 29.5. The molecule has 90 heavy (non-hydrogen) atoms. The van der Waals surface area contributed by atoms with Gasteiger partial charge in [0.1, 0.15) is 0 Å². The van der Waals surface area contributed by atoms with Gasteiger partial charge >= 0.3 is 30.5 Å². The van der Waals surface area contributed by atoms with Gasteiger partial charge in [-0.25, -0.2) is 24.0 Å². The summed E-state index contributed by atoms with van der Waals surface area (Å²) in [6, 6.07) is 5.07. The molecule has 512 valence electrons. The average Bonchev–Trinajstić information content (AvgIpc) is 3.42. The maximum atomic E-state index is 11.9. The predicted molar refractivity (Wildman–Crippen MR) is 350 cm³/mol. The molecule has 5 aliphatic carbocycles. The van der Waals surface area contributed by atoms with Gasteiger partial charge in [0.25, 0.3) is 0 Å². The van der Waals surface area contributed by atoms with Gasteiger partial charge in [0.2, 0.25) is 0 Å². The highest BCUT2D eigenvalue weighted by molar-refractivity contribution is 5.70. The molecule has 0 radical (unpaired) electrons. The highest BCUT2D eigenvalue weighted by Gasteiger charge is 2.48. The summed E-state index contributed by atoms with van der Waals surface area (Å²) < 4.78 is 24.7. The summed E-state index contributed by atoms with van der Waals surface area (Å²) in [5.41, 5.74) is 0. The van der Waals surface area contributed by atoms with E-state index in [0.717, 1.165) is 70.7 Å². The molecular formula is C71H123N9O10. The molecule has 0 aromatic carbocycles. The van der Waals surface area contributed by atoms with Crippen LogP contribution in [0.5, 0.6) is 0 Å². The lowest BCUT2D eigenvalue weighted by molar-refractivity contribution is 0.00441. The summed E-state index contributed by atoms with van der Waals surface area (Å²) in [5.74, 6) is 3.47. The van der Waals surface area contributed by atoms with Gasteiger partial charge in [-0.05, 0) is 287 Å². The minimum atomic E-state index is -0.124. The van der Waals surface area contributed by atoms with Crippen molar-refractivity contribution < 1.29 is 47.7 Å². The minimum absolute atomic E-state index is 0.114. The molecule has 5 saturated carbocycles. The van der Waals surface area contributed by atoms with Crippen molar-refractivity contribution in [3.05, 3.63) is 0 Å². The molecule has 0 spiro atoms. The van der Waals surface area contributed by atoms with Crippen LogP contribution >= 0.6 is 0 Å². The molecule has 5 amide bonds. The first-order valence-electron chi connectivity index (χ1n) is 37.3. The van der Waals surface area contributed by atoms with Crippen LogP contribution in [0.4, 0.5) is 24.0 Å². The lowest BCUT2D eigenvalue weighted by atomic mass is 9.74. The topological polar surface area (TPSA) is 161 Å². The summed E-state index contributed by atoms with van der Waals surface area (Å²) in [5, 5.41) is 0. The van der Waals surface area contributed by atoms with Gasteiger partial charge in [-0.3, -0.25) is 0 Å². The highest BCUT2D eigenvalue weighted by Crippen LogP contribution is 2.44. The first kappa shape index (κ1) is 69.0. The van der Waals surface area contributed by atoms with E-state index < -0.39 is 0 Å². The van der Waals surface area contributed by atoms with Crippen LogP contribution in [0.25, 0.3) is 0 Å². The van der Waals surface area contributed by atoms with Gasteiger partial charge in [-0.1, -0.05) is 12.8 Å². The molecule has 0 N–H and O–H groups in total. The first-order chi connectivity index (χ1) is 44.1. The fraction of sp³-hybridized carbons (Fsp3) is 0.930. The van der Waals surface area contributed by atoms with E-state index in [1.807, 2.05) is 24.5 Å². The average molecular weight is 1260 g/mol. The molecule has 14 fully saturated rings. The van der Waals surface area contributed by atoms with Crippen LogP contribution < -0.4 is 0 Å². The van der Waals surface area contributed by atoms with E-state index in [1.165, 1.54) is 274 Å². The van der Waals surface area contributed by atoms with E-state index in [4.69, 9.17) is 23.7 Å². The normalized spacial score (nSPS) is 35.5. The molecular weight excluding hydrogens is 1140 g/mol. The fourth-order valence-electron chi connectivity index (χ4n) is 21.1. The third-order valence-electron chi connectivity index (χ3n) is 25.0. The van der Waals surface area contributed by atoms with Crippen molar-refractivity contribution in [2.24, 2.45) is 29.6 Å². The molecule has 19 heteroatoms. The van der Waals surface area contributed by atoms with Crippen molar-refractivity contribution >= 4 is 30.5 Å². The van der Waals surface area contributed by atoms with Gasteiger partial charge in [-0.15, -0.1) is 0 Å². The molecule has 14 rings (SSSR count). The zero-order valence-electron chi connectivity index (χ0n) is 56.9. The van der Waals surface area contributed by atoms with Crippen LogP contribution in [0.2, 0.25) is 0 Å². The van der Waals surface area contributed by atoms with Crippen LogP contribution in [-0.4, -0.2) is 250 Å². The number of hydrogen-bond donors (Lipinski definition) is 0. The largest absolute Gasteiger partial charge is 0.453 e. The lowest BCUT2D eigenvalue weighted by Crippen LogP contribution is -2.56. The quantitative estimate of drug-likeness (QED) is 0.245. The minimum Gasteiger partial charge on any atom is -0.453 e. The summed E-state index contributed by atoms with van der Waals surface area (Å²) in [4.78, 5) is 80.0. The monoisotopic (exact) mass is 1260 g/mol. The van der Waals surface area contributed by atoms with Crippen molar-refractivity contribution in [1.82, 2.24) is 44.1 Å². The van der Waals surface area contributed by atoms with E-state index in [9.17, 15) is 24.0 Å². The van der Waals surface area contributed by atoms with Gasteiger partial charge in [0.05, 0.1) is 35.5 Å². The van der Waals surface area contributed by atoms with Crippen molar-refractivity contribution in [1.29, 1.82) is 0 Å². The third-order valence-corrected chi connectivity index (χ3v) is 25.0. The van der Waals surface area contributed by atoms with Crippen LogP contribution in [0.1, 0.15) is 218 Å². The number of likely N-dealkylation sites (tertiary alicyclic amines) is 9. The summed E-state index contributed by atoms with van der Waals surface area (Å²) in [7, 11) is 7.51. The van der Waals surface area contributed by atoms with E-state index >= 15 is 0 Å². The molecule has 14 atom stereocenters. The zero-order valence-corrected chi connectivity index (χ0v) is 56.9. The molecule has 19 nitrogen and oxygen atoms in total. The second kappa shape index (κ2) is 34.6. The molecule has 0 aromatic heterocycles. The van der Waals surface area contributed by atoms with Crippen LogP contribution in [-0.2, 0) is 23.7 Å². The van der Waals surface area contributed by atoms with E-state index in [2.05, 4.69) is 19.6 Å². The number of hydrogen-bond acceptors (Lipinski definition) is 14. The van der Waals surface area contributed by atoms with Crippen LogP contribution in [0.3, 0.4) is 0 Å². The lowest BCUT2D eigenvalue weighted by Gasteiger charge is -2.49. The Bertz CT molecular complexity index is 1970. The molecule has 0 bridgehead atoms. The number of methoxy groups -OCH3 is 5. The Morgan fingerprint density at radius 1 is 0.211 bits per heavy atom. The van der Waals surface area contributed by atoms with Gasteiger partial charge in [0.15, 0.2) is 0 Å². The van der Waals surface area contributed by atoms with Gasteiger partial charge in [-0.2, -0.15) is 0 Å². The van der Waals surface area contributed by atoms with Crippen molar-refractivity contribution in [2.75, 3.05) is 121 Å². The maximum absolute atomic E-state index is 11.9. The predicted octanol–water partition coefficient (Wildman–Crippen LogP) is 12.3. The molecule has 9 heterocycles. The Labute approximate surface area is 542 Å². The van der Waals surface area contributed by atoms with E-state index in [-0.39, 0.29) is 30.5 Å². The van der Waals surface area contributed by atoms with Crippen LogP contribution in [0.15, 0.2) is 0 Å². The number of carbonyl (C=O) groups excluding carboxylic acids is 5. The first-order valence-corrected chi connectivity index (χ1v) is 37.3. The fourth-order valence-corrected chi connectivity index (χ4v) is 21.1. The van der Waals surface area contributed by atoms with Crippen molar-refractivity contribution in [3.63, 3.8) is 0 Å². The Kier molecular flexibility index (Phi) is 26.5. The Balaban J connectivity index is 0.000000124. The van der Waals surface area contributed by atoms with E-state index in [0.29, 0.717) is 78.0 Å². The number of nitrogens with zero attached hydrogens (tertiary/aromatic N) is 9. The van der Waals surface area contributed by atoms with Gasteiger partial charge < -0.3 is 67.8 Å². The summed E-state index contributed by atoms with van der Waals surface area (Å²) in [6.07, 6.45) is 42.6.